The lowest BCUT2D eigenvalue weighted by Gasteiger charge is -2.29. The van der Waals surface area contributed by atoms with Crippen LogP contribution in [-0.4, -0.2) is 22.1 Å². The van der Waals surface area contributed by atoms with Crippen molar-refractivity contribution in [2.45, 2.75) is 154 Å². The van der Waals surface area contributed by atoms with Crippen LogP contribution >= 0.6 is 0 Å². The molecule has 1 fully saturated rings. The highest BCUT2D eigenvalue weighted by atomic mass is 28.4. The molecule has 0 heterocycles. The summed E-state index contributed by atoms with van der Waals surface area (Å²) < 4.78 is 5.73. The van der Waals surface area contributed by atoms with Gasteiger partial charge in [0.15, 0.2) is 0 Å². The zero-order chi connectivity index (χ0) is 30.4. The molecular formula is C38H62O2Si2. The second-order valence-electron chi connectivity index (χ2n) is 15.4. The molecule has 1 saturated carbocycles. The van der Waals surface area contributed by atoms with Crippen LogP contribution in [0.5, 0.6) is 5.75 Å². The first-order chi connectivity index (χ1) is 20.0. The number of unbranched alkanes of at least 4 members (excludes halogenated alkanes) is 7. The highest BCUT2D eigenvalue weighted by Crippen LogP contribution is 2.38. The SMILES string of the molecule is CCCCCCCCCC1CCC(c2ccc(OC(=O)c3ccc(CCCC[Si](C)(C)C[Si](C)(C)C)cc3)cc2)CC1. The molecule has 2 aromatic rings. The number of carbonyl (C=O) groups is 1. The summed E-state index contributed by atoms with van der Waals surface area (Å²) in [6.07, 6.45) is 20.3. The number of hydrogen-bond acceptors (Lipinski definition) is 2. The van der Waals surface area contributed by atoms with Gasteiger partial charge < -0.3 is 4.74 Å². The molecule has 0 spiro atoms. The first kappa shape index (κ1) is 34.8. The third kappa shape index (κ3) is 13.3. The van der Waals surface area contributed by atoms with E-state index in [0.717, 1.165) is 12.3 Å². The molecule has 0 unspecified atom stereocenters. The smallest absolute Gasteiger partial charge is 0.343 e. The van der Waals surface area contributed by atoms with Crippen molar-refractivity contribution in [1.82, 2.24) is 0 Å². The van der Waals surface area contributed by atoms with Crippen LogP contribution in [0.15, 0.2) is 48.5 Å². The first-order valence-electron chi connectivity index (χ1n) is 17.5. The van der Waals surface area contributed by atoms with Crippen molar-refractivity contribution < 1.29 is 9.53 Å². The fraction of sp³-hybridized carbons (Fsp3) is 0.658. The average molecular weight is 607 g/mol. The zero-order valence-electron chi connectivity index (χ0n) is 28.1. The summed E-state index contributed by atoms with van der Waals surface area (Å²) in [7, 11) is -2.03. The van der Waals surface area contributed by atoms with Crippen LogP contribution in [0.1, 0.15) is 124 Å². The summed E-state index contributed by atoms with van der Waals surface area (Å²) in [6.45, 7) is 15.0. The maximum Gasteiger partial charge on any atom is 0.343 e. The Morgan fingerprint density at radius 2 is 1.36 bits per heavy atom. The molecule has 4 heteroatoms. The summed E-state index contributed by atoms with van der Waals surface area (Å²) in [5.74, 6) is 1.96. The normalized spacial score (nSPS) is 17.8. The molecule has 0 aliphatic heterocycles. The second kappa shape index (κ2) is 17.6. The van der Waals surface area contributed by atoms with Gasteiger partial charge in [0.2, 0.25) is 0 Å². The second-order valence-corrected chi connectivity index (χ2v) is 26.8. The van der Waals surface area contributed by atoms with E-state index in [1.54, 1.807) is 0 Å². The summed E-state index contributed by atoms with van der Waals surface area (Å²) in [6, 6.07) is 17.8. The largest absolute Gasteiger partial charge is 0.423 e. The molecule has 42 heavy (non-hydrogen) atoms. The van der Waals surface area contributed by atoms with Crippen molar-refractivity contribution in [3.63, 3.8) is 0 Å². The lowest BCUT2D eigenvalue weighted by atomic mass is 9.77. The summed E-state index contributed by atoms with van der Waals surface area (Å²) >= 11 is 0. The van der Waals surface area contributed by atoms with Crippen LogP contribution in [0.4, 0.5) is 0 Å². The Morgan fingerprint density at radius 3 is 1.98 bits per heavy atom. The monoisotopic (exact) mass is 606 g/mol. The minimum atomic E-state index is -1.06. The van der Waals surface area contributed by atoms with Crippen molar-refractivity contribution in [3.05, 3.63) is 65.2 Å². The van der Waals surface area contributed by atoms with Crippen LogP contribution < -0.4 is 4.74 Å². The van der Waals surface area contributed by atoms with Crippen molar-refractivity contribution in [3.8, 4) is 5.75 Å². The summed E-state index contributed by atoms with van der Waals surface area (Å²) in [4.78, 5) is 12.8. The van der Waals surface area contributed by atoms with E-state index in [1.165, 1.54) is 113 Å². The summed E-state index contributed by atoms with van der Waals surface area (Å²) in [5.41, 5.74) is 4.88. The van der Waals surface area contributed by atoms with E-state index in [4.69, 9.17) is 4.74 Å². The molecule has 0 atom stereocenters. The molecule has 0 saturated heterocycles. The quantitative estimate of drug-likeness (QED) is 0.0730. The number of aryl methyl sites for hydroxylation is 1. The van der Waals surface area contributed by atoms with Gasteiger partial charge in [-0.2, -0.15) is 0 Å². The minimum absolute atomic E-state index is 0.265. The predicted molar refractivity (Wildman–Crippen MR) is 189 cm³/mol. The van der Waals surface area contributed by atoms with Crippen LogP contribution in [-0.2, 0) is 6.42 Å². The van der Waals surface area contributed by atoms with Crippen LogP contribution in [0, 0.1) is 5.92 Å². The van der Waals surface area contributed by atoms with Crippen molar-refractivity contribution in [2.75, 3.05) is 0 Å². The number of rotatable bonds is 18. The topological polar surface area (TPSA) is 26.3 Å². The van der Waals surface area contributed by atoms with Gasteiger partial charge in [-0.3, -0.25) is 0 Å². The van der Waals surface area contributed by atoms with E-state index in [0.29, 0.717) is 17.2 Å². The van der Waals surface area contributed by atoms with Crippen molar-refractivity contribution >= 4 is 22.1 Å². The number of esters is 1. The van der Waals surface area contributed by atoms with Crippen LogP contribution in [0.3, 0.4) is 0 Å². The number of carbonyl (C=O) groups excluding carboxylic acids is 1. The molecule has 3 rings (SSSR count). The Morgan fingerprint density at radius 1 is 0.738 bits per heavy atom. The van der Waals surface area contributed by atoms with E-state index in [-0.39, 0.29) is 5.97 Å². The highest BCUT2D eigenvalue weighted by Gasteiger charge is 2.28. The zero-order valence-corrected chi connectivity index (χ0v) is 30.1. The fourth-order valence-corrected chi connectivity index (χ4v) is 20.8. The Kier molecular flexibility index (Phi) is 14.6. The Hall–Kier alpha value is -1.66. The lowest BCUT2D eigenvalue weighted by molar-refractivity contribution is 0.0734. The molecule has 234 valence electrons. The van der Waals surface area contributed by atoms with E-state index < -0.39 is 16.1 Å². The van der Waals surface area contributed by atoms with Crippen LogP contribution in [0.25, 0.3) is 0 Å². The molecule has 0 amide bonds. The van der Waals surface area contributed by atoms with Crippen molar-refractivity contribution in [2.24, 2.45) is 5.92 Å². The standard InChI is InChI=1S/C38H62O2Si2/c1-7-8-9-10-11-12-13-16-32-18-22-34(23-19-32)35-26-28-37(29-27-35)40-38(39)36-24-20-33(21-25-36)17-14-15-30-42(5,6)31-41(2,3)4/h20-21,24-29,32,34H,7-19,22-23,30-31H2,1-6H3. The number of hydrogen-bond donors (Lipinski definition) is 0. The Balaban J connectivity index is 1.35. The highest BCUT2D eigenvalue weighted by molar-refractivity contribution is 6.94. The predicted octanol–water partition coefficient (Wildman–Crippen LogP) is 12.2. The minimum Gasteiger partial charge on any atom is -0.423 e. The first-order valence-corrected chi connectivity index (χ1v) is 24.6. The van der Waals surface area contributed by atoms with Gasteiger partial charge in [0.1, 0.15) is 5.75 Å². The van der Waals surface area contributed by atoms with E-state index >= 15 is 0 Å². The summed E-state index contributed by atoms with van der Waals surface area (Å²) in [5, 5.41) is 0. The molecule has 1 aliphatic rings. The maximum atomic E-state index is 12.8. The maximum absolute atomic E-state index is 12.8. The number of ether oxygens (including phenoxy) is 1. The van der Waals surface area contributed by atoms with Gasteiger partial charge in [0.05, 0.1) is 5.56 Å². The average Bonchev–Trinajstić information content (AvgIpc) is 2.95. The molecule has 0 radical (unpaired) electrons. The van der Waals surface area contributed by atoms with Crippen LogP contribution in [0.2, 0.25) is 44.4 Å². The van der Waals surface area contributed by atoms with Gasteiger partial charge in [0, 0.05) is 16.1 Å². The van der Waals surface area contributed by atoms with Gasteiger partial charge in [-0.25, -0.2) is 4.79 Å². The Labute approximate surface area is 261 Å². The van der Waals surface area contributed by atoms with Gasteiger partial charge in [-0.05, 0) is 85.8 Å². The van der Waals surface area contributed by atoms with Gasteiger partial charge in [-0.15, -0.1) is 0 Å². The third-order valence-electron chi connectivity index (χ3n) is 9.39. The molecule has 2 aromatic carbocycles. The van der Waals surface area contributed by atoms with E-state index in [2.05, 4.69) is 63.9 Å². The van der Waals surface area contributed by atoms with E-state index in [1.807, 2.05) is 24.3 Å². The van der Waals surface area contributed by atoms with Gasteiger partial charge in [-0.1, -0.05) is 133 Å². The van der Waals surface area contributed by atoms with E-state index in [9.17, 15) is 4.79 Å². The molecule has 0 N–H and O–H groups in total. The molecular weight excluding hydrogens is 545 g/mol. The molecule has 0 bridgehead atoms. The fourth-order valence-electron chi connectivity index (χ4n) is 7.41. The lowest BCUT2D eigenvalue weighted by Crippen LogP contribution is -2.37. The molecule has 0 aromatic heterocycles. The number of benzene rings is 2. The Bertz CT molecular complexity index is 1030. The molecule has 1 aliphatic carbocycles. The van der Waals surface area contributed by atoms with Crippen molar-refractivity contribution in [1.29, 1.82) is 0 Å². The third-order valence-corrected chi connectivity index (χ3v) is 19.2. The van der Waals surface area contributed by atoms with Gasteiger partial charge >= 0.3 is 5.97 Å². The molecule has 2 nitrogen and oxygen atoms in total. The van der Waals surface area contributed by atoms with Gasteiger partial charge in [0.25, 0.3) is 0 Å².